The van der Waals surface area contributed by atoms with E-state index in [1.54, 1.807) is 0 Å². The van der Waals surface area contributed by atoms with E-state index in [0.717, 1.165) is 92.8 Å². The minimum absolute atomic E-state index is 0.00529. The Morgan fingerprint density at radius 2 is 1.83 bits per heavy atom. The fourth-order valence-corrected chi connectivity index (χ4v) is 8.11. The number of morpholine rings is 1. The molecule has 3 atom stereocenters. The van der Waals surface area contributed by atoms with Crippen LogP contribution in [0, 0.1) is 17.8 Å². The average Bonchev–Trinajstić information content (AvgIpc) is 3.18. The van der Waals surface area contributed by atoms with Crippen LogP contribution in [0.15, 0.2) is 42.5 Å². The number of fused-ring (bicyclic) bond motifs is 5. The maximum Gasteiger partial charge on any atom is 0.251 e. The molecule has 3 aromatic rings. The fourth-order valence-electron chi connectivity index (χ4n) is 8.11. The van der Waals surface area contributed by atoms with Crippen molar-refractivity contribution in [2.45, 2.75) is 63.3 Å². The van der Waals surface area contributed by atoms with Gasteiger partial charge >= 0.3 is 0 Å². The summed E-state index contributed by atoms with van der Waals surface area (Å²) in [6, 6.07) is 14.8. The number of hydrogen-bond acceptors (Lipinski definition) is 5. The Morgan fingerprint density at radius 1 is 1.00 bits per heavy atom. The van der Waals surface area contributed by atoms with E-state index in [-0.39, 0.29) is 11.4 Å². The van der Waals surface area contributed by atoms with E-state index in [1.807, 2.05) is 18.2 Å². The molecule has 2 N–H and O–H groups in total. The molecule has 3 unspecified atom stereocenters. The van der Waals surface area contributed by atoms with Gasteiger partial charge in [-0.1, -0.05) is 43.5 Å². The second kappa shape index (κ2) is 11.9. The third-order valence-electron chi connectivity index (χ3n) is 10.5. The lowest BCUT2D eigenvalue weighted by atomic mass is 9.73. The molecule has 2 aromatic carbocycles. The monoisotopic (exact) mass is 556 g/mol. The molecule has 1 amide bonds. The van der Waals surface area contributed by atoms with Crippen molar-refractivity contribution in [3.63, 3.8) is 0 Å². The predicted molar refractivity (Wildman–Crippen MR) is 161 cm³/mol. The number of carbonyl (C=O) groups is 1. The zero-order chi connectivity index (χ0) is 27.6. The van der Waals surface area contributed by atoms with Gasteiger partial charge in [-0.05, 0) is 80.0 Å². The van der Waals surface area contributed by atoms with Gasteiger partial charge in [-0.2, -0.15) is 5.10 Å². The summed E-state index contributed by atoms with van der Waals surface area (Å²) in [5.41, 5.74) is 5.07. The quantitative estimate of drug-likeness (QED) is 0.396. The second-order valence-corrected chi connectivity index (χ2v) is 13.0. The van der Waals surface area contributed by atoms with Gasteiger partial charge in [-0.15, -0.1) is 0 Å². The third-order valence-corrected chi connectivity index (χ3v) is 10.5. The van der Waals surface area contributed by atoms with Crippen LogP contribution in [0.5, 0.6) is 0 Å². The SMILES string of the molecule is O=C(NCC1(N2CCOCC2)CCCCC1)c1ccc2[nH]nc(-c3ccc(CC4CC5CCC4COC5)cc3)c2c1. The molecular weight excluding hydrogens is 512 g/mol. The molecule has 2 bridgehead atoms. The summed E-state index contributed by atoms with van der Waals surface area (Å²) in [5.74, 6) is 2.17. The van der Waals surface area contributed by atoms with Crippen molar-refractivity contribution in [2.75, 3.05) is 46.1 Å². The molecule has 2 aliphatic carbocycles. The van der Waals surface area contributed by atoms with E-state index < -0.39 is 0 Å². The molecule has 7 heteroatoms. The predicted octanol–water partition coefficient (Wildman–Crippen LogP) is 5.60. The van der Waals surface area contributed by atoms with Crippen molar-refractivity contribution in [2.24, 2.45) is 17.8 Å². The van der Waals surface area contributed by atoms with Crippen LogP contribution in [-0.4, -0.2) is 72.6 Å². The lowest BCUT2D eigenvalue weighted by Crippen LogP contribution is -2.59. The average molecular weight is 557 g/mol. The van der Waals surface area contributed by atoms with Crippen molar-refractivity contribution in [3.8, 4) is 11.3 Å². The molecule has 0 spiro atoms. The number of amides is 1. The lowest BCUT2D eigenvalue weighted by molar-refractivity contribution is -0.0361. The minimum Gasteiger partial charge on any atom is -0.381 e. The Labute approximate surface area is 243 Å². The Balaban J connectivity index is 1.05. The van der Waals surface area contributed by atoms with E-state index in [4.69, 9.17) is 9.47 Å². The van der Waals surface area contributed by atoms with Gasteiger partial charge in [0.1, 0.15) is 0 Å². The first-order valence-electron chi connectivity index (χ1n) is 15.9. The Morgan fingerprint density at radius 3 is 2.66 bits per heavy atom. The van der Waals surface area contributed by atoms with Crippen LogP contribution < -0.4 is 5.32 Å². The normalized spacial score (nSPS) is 26.6. The smallest absolute Gasteiger partial charge is 0.251 e. The highest BCUT2D eigenvalue weighted by Crippen LogP contribution is 2.39. The highest BCUT2D eigenvalue weighted by Gasteiger charge is 2.39. The number of H-pyrrole nitrogens is 1. The molecule has 2 saturated carbocycles. The summed E-state index contributed by atoms with van der Waals surface area (Å²) in [6.07, 6.45) is 11.1. The number of hydrogen-bond donors (Lipinski definition) is 2. The van der Waals surface area contributed by atoms with Crippen LogP contribution in [0.1, 0.15) is 67.3 Å². The Bertz CT molecular complexity index is 1340. The maximum atomic E-state index is 13.4. The highest BCUT2D eigenvalue weighted by atomic mass is 16.5. The first-order chi connectivity index (χ1) is 20.2. The summed E-state index contributed by atoms with van der Waals surface area (Å²) < 4.78 is 11.5. The van der Waals surface area contributed by atoms with Crippen LogP contribution in [0.4, 0.5) is 0 Å². The summed E-state index contributed by atoms with van der Waals surface area (Å²) in [6.45, 7) is 6.05. The number of rotatable bonds is 7. The van der Waals surface area contributed by atoms with E-state index in [9.17, 15) is 4.79 Å². The standard InChI is InChI=1S/C34H44N4O3/c39-33(35-23-34(12-2-1-3-13-34)38-14-16-40-17-15-38)27-10-11-31-30(20-27)32(37-36-31)26-7-4-24(5-8-26)18-29-19-25-6-9-28(29)22-41-21-25/h4-5,7-8,10-11,20,25,28-29H,1-3,6,9,12-19,21-23H2,(H,35,39)(H,36,37). The zero-order valence-corrected chi connectivity index (χ0v) is 24.2. The molecule has 218 valence electrons. The van der Waals surface area contributed by atoms with E-state index >= 15 is 0 Å². The molecular formula is C34H44N4O3. The third kappa shape index (κ3) is 5.69. The van der Waals surface area contributed by atoms with Gasteiger partial charge in [0.2, 0.25) is 0 Å². The van der Waals surface area contributed by atoms with Crippen molar-refractivity contribution in [1.82, 2.24) is 20.4 Å². The van der Waals surface area contributed by atoms with Crippen molar-refractivity contribution in [1.29, 1.82) is 0 Å². The van der Waals surface area contributed by atoms with Gasteiger partial charge in [-0.3, -0.25) is 14.8 Å². The number of ether oxygens (including phenoxy) is 2. The molecule has 0 radical (unpaired) electrons. The van der Waals surface area contributed by atoms with Gasteiger partial charge < -0.3 is 14.8 Å². The molecule has 7 nitrogen and oxygen atoms in total. The first kappa shape index (κ1) is 27.1. The molecule has 8 rings (SSSR count). The number of carbonyl (C=O) groups excluding carboxylic acids is 1. The van der Waals surface area contributed by atoms with Gasteiger partial charge in [0.15, 0.2) is 0 Å². The first-order valence-corrected chi connectivity index (χ1v) is 15.9. The van der Waals surface area contributed by atoms with Crippen LogP contribution in [-0.2, 0) is 15.9 Å². The Hall–Kier alpha value is -2.74. The summed E-state index contributed by atoms with van der Waals surface area (Å²) in [7, 11) is 0. The largest absolute Gasteiger partial charge is 0.381 e. The van der Waals surface area contributed by atoms with Crippen LogP contribution in [0.3, 0.4) is 0 Å². The minimum atomic E-state index is -0.00529. The second-order valence-electron chi connectivity index (χ2n) is 13.0. The fraction of sp³-hybridized carbons (Fsp3) is 0.588. The summed E-state index contributed by atoms with van der Waals surface area (Å²) in [5, 5.41) is 12.1. The maximum absolute atomic E-state index is 13.4. The lowest BCUT2D eigenvalue weighted by Gasteiger charge is -2.48. The van der Waals surface area contributed by atoms with Crippen LogP contribution in [0.2, 0.25) is 0 Å². The summed E-state index contributed by atoms with van der Waals surface area (Å²) in [4.78, 5) is 16.0. The van der Waals surface area contributed by atoms with Gasteiger partial charge in [-0.25, -0.2) is 0 Å². The van der Waals surface area contributed by atoms with E-state index in [0.29, 0.717) is 18.0 Å². The molecule has 3 aliphatic heterocycles. The number of nitrogens with zero attached hydrogens (tertiary/aromatic N) is 2. The highest BCUT2D eigenvalue weighted by molar-refractivity contribution is 6.01. The number of benzene rings is 2. The molecule has 3 saturated heterocycles. The number of aromatic amines is 1. The molecule has 1 aromatic heterocycles. The number of nitrogens with one attached hydrogen (secondary N) is 2. The van der Waals surface area contributed by atoms with Crippen LogP contribution >= 0.6 is 0 Å². The van der Waals surface area contributed by atoms with Gasteiger partial charge in [0, 0.05) is 54.9 Å². The Kier molecular flexibility index (Phi) is 7.85. The van der Waals surface area contributed by atoms with Crippen molar-refractivity contribution in [3.05, 3.63) is 53.6 Å². The molecule has 4 heterocycles. The zero-order valence-electron chi connectivity index (χ0n) is 24.2. The number of aromatic nitrogens is 2. The molecule has 5 aliphatic rings. The van der Waals surface area contributed by atoms with Gasteiger partial charge in [0.25, 0.3) is 5.91 Å². The van der Waals surface area contributed by atoms with Gasteiger partial charge in [0.05, 0.1) is 24.4 Å². The molecule has 41 heavy (non-hydrogen) atoms. The van der Waals surface area contributed by atoms with E-state index in [2.05, 4.69) is 44.7 Å². The van der Waals surface area contributed by atoms with Crippen molar-refractivity contribution >= 4 is 16.8 Å². The van der Waals surface area contributed by atoms with E-state index in [1.165, 1.54) is 44.1 Å². The summed E-state index contributed by atoms with van der Waals surface area (Å²) >= 11 is 0. The van der Waals surface area contributed by atoms with Crippen LogP contribution in [0.25, 0.3) is 22.2 Å². The van der Waals surface area contributed by atoms with Crippen molar-refractivity contribution < 1.29 is 14.3 Å². The topological polar surface area (TPSA) is 79.5 Å². The molecule has 5 fully saturated rings.